The predicted molar refractivity (Wildman–Crippen MR) is 105 cm³/mol. The quantitative estimate of drug-likeness (QED) is 0.526. The van der Waals surface area contributed by atoms with Gasteiger partial charge in [0.1, 0.15) is 5.82 Å². The molecule has 0 saturated carbocycles. The molecule has 1 heterocycles. The molecule has 0 spiro atoms. The molecule has 140 valence electrons. The summed E-state index contributed by atoms with van der Waals surface area (Å²) in [6, 6.07) is 17.0. The molecule has 4 rings (SSSR count). The Balaban J connectivity index is 1.48. The van der Waals surface area contributed by atoms with Gasteiger partial charge in [-0.2, -0.15) is 0 Å². The van der Waals surface area contributed by atoms with E-state index < -0.39 is 17.5 Å². The number of amides is 1. The first-order valence-corrected chi connectivity index (χ1v) is 8.79. The molecule has 4 nitrogen and oxygen atoms in total. The number of fused-ring (bicyclic) bond motifs is 1. The third-order valence-electron chi connectivity index (χ3n) is 4.46. The average Bonchev–Trinajstić information content (AvgIpc) is 3.09. The van der Waals surface area contributed by atoms with Gasteiger partial charge >= 0.3 is 0 Å². The number of carbonyl (C=O) groups is 1. The van der Waals surface area contributed by atoms with Crippen molar-refractivity contribution in [3.63, 3.8) is 0 Å². The lowest BCUT2D eigenvalue weighted by Gasteiger charge is -2.07. The van der Waals surface area contributed by atoms with Crippen LogP contribution in [-0.4, -0.2) is 15.9 Å². The molecule has 0 radical (unpaired) electrons. The Bertz CT molecular complexity index is 1170. The maximum atomic E-state index is 13.7. The van der Waals surface area contributed by atoms with Gasteiger partial charge < -0.3 is 10.3 Å². The number of rotatable bonds is 4. The lowest BCUT2D eigenvalue weighted by molar-refractivity contribution is -0.115. The highest BCUT2D eigenvalue weighted by atomic mass is 19.2. The topological polar surface area (TPSA) is 57.8 Å². The summed E-state index contributed by atoms with van der Waals surface area (Å²) >= 11 is 0. The summed E-state index contributed by atoms with van der Waals surface area (Å²) in [7, 11) is 0. The molecule has 2 N–H and O–H groups in total. The number of aromatic amines is 1. The van der Waals surface area contributed by atoms with Gasteiger partial charge in [-0.3, -0.25) is 4.79 Å². The second-order valence-electron chi connectivity index (χ2n) is 6.62. The van der Waals surface area contributed by atoms with Gasteiger partial charge in [0.05, 0.1) is 17.5 Å². The van der Waals surface area contributed by atoms with E-state index >= 15 is 0 Å². The van der Waals surface area contributed by atoms with Crippen LogP contribution in [0.1, 0.15) is 11.1 Å². The zero-order valence-electron chi connectivity index (χ0n) is 15.1. The van der Waals surface area contributed by atoms with E-state index in [0.717, 1.165) is 34.1 Å². The van der Waals surface area contributed by atoms with Gasteiger partial charge in [-0.05, 0) is 55.0 Å². The van der Waals surface area contributed by atoms with E-state index in [2.05, 4.69) is 15.3 Å². The molecule has 0 atom stereocenters. The van der Waals surface area contributed by atoms with Crippen LogP contribution in [0.5, 0.6) is 0 Å². The van der Waals surface area contributed by atoms with E-state index in [1.807, 2.05) is 37.3 Å². The van der Waals surface area contributed by atoms with Crippen LogP contribution in [0, 0.1) is 18.6 Å². The summed E-state index contributed by atoms with van der Waals surface area (Å²) in [6.45, 7) is 2.02. The van der Waals surface area contributed by atoms with Crippen LogP contribution in [0.2, 0.25) is 0 Å². The van der Waals surface area contributed by atoms with E-state index in [0.29, 0.717) is 5.69 Å². The molecular weight excluding hydrogens is 360 g/mol. The van der Waals surface area contributed by atoms with Crippen LogP contribution < -0.4 is 5.32 Å². The fraction of sp³-hybridized carbons (Fsp3) is 0.0909. The maximum Gasteiger partial charge on any atom is 0.228 e. The zero-order valence-corrected chi connectivity index (χ0v) is 15.1. The fourth-order valence-corrected chi connectivity index (χ4v) is 3.03. The molecule has 1 aromatic heterocycles. The molecule has 0 aliphatic carbocycles. The summed E-state index contributed by atoms with van der Waals surface area (Å²) in [5.74, 6) is -1.64. The van der Waals surface area contributed by atoms with E-state index in [1.165, 1.54) is 12.1 Å². The van der Waals surface area contributed by atoms with Gasteiger partial charge in [0.2, 0.25) is 5.91 Å². The zero-order chi connectivity index (χ0) is 19.7. The Hall–Kier alpha value is -3.54. The molecular formula is C22H17F2N3O. The molecule has 1 amide bonds. The van der Waals surface area contributed by atoms with Crippen molar-refractivity contribution in [2.24, 2.45) is 0 Å². The predicted octanol–water partition coefficient (Wildman–Crippen LogP) is 5.00. The summed E-state index contributed by atoms with van der Waals surface area (Å²) in [5, 5.41) is 2.69. The van der Waals surface area contributed by atoms with Crippen LogP contribution in [0.25, 0.3) is 22.4 Å². The lowest BCUT2D eigenvalue weighted by Crippen LogP contribution is -2.15. The van der Waals surface area contributed by atoms with Crippen molar-refractivity contribution in [2.45, 2.75) is 13.3 Å². The number of aryl methyl sites for hydroxylation is 1. The third kappa shape index (κ3) is 3.62. The van der Waals surface area contributed by atoms with Crippen molar-refractivity contribution in [1.29, 1.82) is 0 Å². The normalized spacial score (nSPS) is 11.0. The number of H-pyrrole nitrogens is 1. The highest BCUT2D eigenvalue weighted by molar-refractivity contribution is 5.92. The Kier molecular flexibility index (Phi) is 4.61. The van der Waals surface area contributed by atoms with Gasteiger partial charge in [-0.1, -0.05) is 18.2 Å². The second-order valence-corrected chi connectivity index (χ2v) is 6.62. The van der Waals surface area contributed by atoms with Crippen LogP contribution in [0.15, 0.2) is 60.7 Å². The number of benzene rings is 3. The molecule has 6 heteroatoms. The number of imidazole rings is 1. The number of anilines is 1. The standard InChI is InChI=1S/C22H17F2N3O/c1-13-5-10-18-19(11-13)27-22(26-18)14-6-8-16(9-7-14)25-20(28)12-15-3-2-4-17(23)21(15)24/h2-11H,12H2,1H3,(H,25,28)(H,26,27). The molecule has 4 aromatic rings. The highest BCUT2D eigenvalue weighted by Crippen LogP contribution is 2.23. The number of halogens is 2. The van der Waals surface area contributed by atoms with Crippen molar-refractivity contribution < 1.29 is 13.6 Å². The Morgan fingerprint density at radius 2 is 1.86 bits per heavy atom. The number of nitrogens with one attached hydrogen (secondary N) is 2. The van der Waals surface area contributed by atoms with Gasteiger partial charge in [-0.25, -0.2) is 13.8 Å². The molecule has 0 unspecified atom stereocenters. The first kappa shape index (κ1) is 17.9. The first-order valence-electron chi connectivity index (χ1n) is 8.79. The summed E-state index contributed by atoms with van der Waals surface area (Å²) in [5.41, 5.74) is 4.46. The van der Waals surface area contributed by atoms with Gasteiger partial charge in [-0.15, -0.1) is 0 Å². The number of hydrogen-bond acceptors (Lipinski definition) is 2. The number of nitrogens with zero attached hydrogens (tertiary/aromatic N) is 1. The van der Waals surface area contributed by atoms with Crippen molar-refractivity contribution in [3.8, 4) is 11.4 Å². The van der Waals surface area contributed by atoms with Crippen molar-refractivity contribution in [1.82, 2.24) is 9.97 Å². The monoisotopic (exact) mass is 377 g/mol. The average molecular weight is 377 g/mol. The lowest BCUT2D eigenvalue weighted by atomic mass is 10.1. The van der Waals surface area contributed by atoms with Crippen LogP contribution in [-0.2, 0) is 11.2 Å². The largest absolute Gasteiger partial charge is 0.338 e. The molecule has 0 fully saturated rings. The van der Waals surface area contributed by atoms with Gasteiger partial charge in [0.15, 0.2) is 11.6 Å². The number of hydrogen-bond donors (Lipinski definition) is 2. The Morgan fingerprint density at radius 3 is 2.64 bits per heavy atom. The van der Waals surface area contributed by atoms with Crippen LogP contribution >= 0.6 is 0 Å². The van der Waals surface area contributed by atoms with Crippen LogP contribution in [0.3, 0.4) is 0 Å². The van der Waals surface area contributed by atoms with E-state index in [-0.39, 0.29) is 12.0 Å². The minimum absolute atomic E-state index is 0.0201. The fourth-order valence-electron chi connectivity index (χ4n) is 3.03. The summed E-state index contributed by atoms with van der Waals surface area (Å²) in [6.07, 6.45) is -0.242. The van der Waals surface area contributed by atoms with Crippen molar-refractivity contribution in [3.05, 3.63) is 83.4 Å². The van der Waals surface area contributed by atoms with Crippen LogP contribution in [0.4, 0.5) is 14.5 Å². The second kappa shape index (κ2) is 7.23. The minimum atomic E-state index is -0.992. The smallest absolute Gasteiger partial charge is 0.228 e. The van der Waals surface area contributed by atoms with Crippen molar-refractivity contribution in [2.75, 3.05) is 5.32 Å². The molecule has 3 aromatic carbocycles. The Morgan fingerprint density at radius 1 is 1.07 bits per heavy atom. The third-order valence-corrected chi connectivity index (χ3v) is 4.46. The SMILES string of the molecule is Cc1ccc2nc(-c3ccc(NC(=O)Cc4cccc(F)c4F)cc3)[nH]c2c1. The maximum absolute atomic E-state index is 13.7. The highest BCUT2D eigenvalue weighted by Gasteiger charge is 2.12. The number of aromatic nitrogens is 2. The minimum Gasteiger partial charge on any atom is -0.338 e. The van der Waals surface area contributed by atoms with E-state index in [9.17, 15) is 13.6 Å². The van der Waals surface area contributed by atoms with Gasteiger partial charge in [0, 0.05) is 16.8 Å². The van der Waals surface area contributed by atoms with Gasteiger partial charge in [0.25, 0.3) is 0 Å². The summed E-state index contributed by atoms with van der Waals surface area (Å²) in [4.78, 5) is 20.0. The van der Waals surface area contributed by atoms with E-state index in [4.69, 9.17) is 0 Å². The Labute approximate surface area is 160 Å². The molecule has 28 heavy (non-hydrogen) atoms. The van der Waals surface area contributed by atoms with Crippen molar-refractivity contribution >= 4 is 22.6 Å². The summed E-state index contributed by atoms with van der Waals surface area (Å²) < 4.78 is 26.9. The first-order chi connectivity index (χ1) is 13.5. The molecule has 0 bridgehead atoms. The molecule has 0 aliphatic rings. The molecule has 0 saturated heterocycles. The molecule has 0 aliphatic heterocycles. The van der Waals surface area contributed by atoms with E-state index in [1.54, 1.807) is 12.1 Å². The number of carbonyl (C=O) groups excluding carboxylic acids is 1.